The van der Waals surface area contributed by atoms with Gasteiger partial charge in [-0.1, -0.05) is 18.2 Å². The molecule has 0 spiro atoms. The number of hydrogen-bond acceptors (Lipinski definition) is 6. The summed E-state index contributed by atoms with van der Waals surface area (Å²) in [5.74, 6) is -1.28. The summed E-state index contributed by atoms with van der Waals surface area (Å²) in [5.41, 5.74) is 1.04. The van der Waals surface area contributed by atoms with Gasteiger partial charge in [0.2, 0.25) is 0 Å². The number of phenols is 1. The normalized spacial score (nSPS) is 14.7. The molecule has 0 aromatic heterocycles. The number of ether oxygens (including phenoxy) is 2. The number of carbonyl (C=O) groups is 3. The van der Waals surface area contributed by atoms with Crippen molar-refractivity contribution in [3.05, 3.63) is 89.2 Å². The number of nitrogens with zero attached hydrogens (tertiary/aromatic N) is 1. The molecule has 178 valence electrons. The average molecular weight is 476 g/mol. The van der Waals surface area contributed by atoms with Crippen LogP contribution in [0.1, 0.15) is 18.1 Å². The number of hydrogen-bond donors (Lipinski definition) is 2. The standard InChI is InChI=1S/C26H21FN2O6/c1-2-34-23-14-16(6-11-22(23)35-15-17-4-3-5-18(27)12-17)13-21-24(31)28-26(33)29(25(21)32)19-7-9-20(30)10-8-19/h3-14,30H,2,15H2,1H3,(H,28,31,33)/b21-13+. The molecule has 3 aromatic rings. The summed E-state index contributed by atoms with van der Waals surface area (Å²) in [7, 11) is 0. The highest BCUT2D eigenvalue weighted by Crippen LogP contribution is 2.31. The molecular formula is C26H21FN2O6. The first kappa shape index (κ1) is 23.5. The second-order valence-corrected chi connectivity index (χ2v) is 7.53. The number of aromatic hydroxyl groups is 1. The molecule has 1 saturated heterocycles. The van der Waals surface area contributed by atoms with E-state index in [1.54, 1.807) is 37.3 Å². The van der Waals surface area contributed by atoms with Crippen molar-refractivity contribution in [3.8, 4) is 17.2 Å². The van der Waals surface area contributed by atoms with E-state index in [0.717, 1.165) is 4.90 Å². The molecule has 35 heavy (non-hydrogen) atoms. The third kappa shape index (κ3) is 5.30. The number of phenolic OH excluding ortho intramolecular Hbond substituents is 1. The quantitative estimate of drug-likeness (QED) is 0.392. The molecule has 3 aromatic carbocycles. The number of rotatable bonds is 7. The number of urea groups is 1. The van der Waals surface area contributed by atoms with Crippen LogP contribution >= 0.6 is 0 Å². The van der Waals surface area contributed by atoms with Gasteiger partial charge in [-0.15, -0.1) is 0 Å². The van der Waals surface area contributed by atoms with Gasteiger partial charge < -0.3 is 14.6 Å². The Morgan fingerprint density at radius 1 is 0.971 bits per heavy atom. The Morgan fingerprint density at radius 3 is 2.46 bits per heavy atom. The fraction of sp³-hybridized carbons (Fsp3) is 0.115. The summed E-state index contributed by atoms with van der Waals surface area (Å²) in [6.07, 6.45) is 1.34. The molecular weight excluding hydrogens is 455 g/mol. The molecule has 1 aliphatic heterocycles. The van der Waals surface area contributed by atoms with Crippen LogP contribution in [-0.4, -0.2) is 29.6 Å². The molecule has 4 rings (SSSR count). The van der Waals surface area contributed by atoms with Crippen LogP contribution < -0.4 is 19.7 Å². The van der Waals surface area contributed by atoms with Crippen molar-refractivity contribution >= 4 is 29.6 Å². The van der Waals surface area contributed by atoms with Gasteiger partial charge in [-0.25, -0.2) is 14.1 Å². The average Bonchev–Trinajstić information content (AvgIpc) is 2.82. The Bertz CT molecular complexity index is 1320. The van der Waals surface area contributed by atoms with Crippen LogP contribution in [0.15, 0.2) is 72.3 Å². The van der Waals surface area contributed by atoms with Gasteiger partial charge in [0.25, 0.3) is 11.8 Å². The zero-order chi connectivity index (χ0) is 24.9. The minimum absolute atomic E-state index is 0.0337. The maximum absolute atomic E-state index is 13.4. The maximum atomic E-state index is 13.4. The molecule has 0 bridgehead atoms. The number of imide groups is 2. The Hall–Kier alpha value is -4.66. The van der Waals surface area contributed by atoms with Crippen molar-refractivity contribution in [2.45, 2.75) is 13.5 Å². The SMILES string of the molecule is CCOc1cc(/C=C2\C(=O)NC(=O)N(c3ccc(O)cc3)C2=O)ccc1OCc1cccc(F)c1. The summed E-state index contributed by atoms with van der Waals surface area (Å²) >= 11 is 0. The highest BCUT2D eigenvalue weighted by atomic mass is 19.1. The molecule has 9 heteroatoms. The number of anilines is 1. The fourth-order valence-corrected chi connectivity index (χ4v) is 3.45. The third-order valence-electron chi connectivity index (χ3n) is 5.07. The van der Waals surface area contributed by atoms with E-state index in [9.17, 15) is 23.9 Å². The summed E-state index contributed by atoms with van der Waals surface area (Å²) in [4.78, 5) is 38.6. The molecule has 8 nitrogen and oxygen atoms in total. The highest BCUT2D eigenvalue weighted by molar-refractivity contribution is 6.39. The van der Waals surface area contributed by atoms with Gasteiger partial charge in [0.15, 0.2) is 11.5 Å². The third-order valence-corrected chi connectivity index (χ3v) is 5.07. The van der Waals surface area contributed by atoms with Crippen LogP contribution in [0.5, 0.6) is 17.2 Å². The molecule has 0 unspecified atom stereocenters. The lowest BCUT2D eigenvalue weighted by Crippen LogP contribution is -2.54. The van der Waals surface area contributed by atoms with Crippen molar-refractivity contribution < 1.29 is 33.4 Å². The summed E-state index contributed by atoms with van der Waals surface area (Å²) in [6, 6.07) is 15.4. The van der Waals surface area contributed by atoms with Crippen LogP contribution in [0.2, 0.25) is 0 Å². The van der Waals surface area contributed by atoms with E-state index in [1.807, 2.05) is 0 Å². The first-order valence-electron chi connectivity index (χ1n) is 10.7. The van der Waals surface area contributed by atoms with E-state index >= 15 is 0 Å². The zero-order valence-corrected chi connectivity index (χ0v) is 18.7. The number of halogens is 1. The van der Waals surface area contributed by atoms with E-state index in [1.165, 1.54) is 42.5 Å². The van der Waals surface area contributed by atoms with Gasteiger partial charge in [-0.2, -0.15) is 0 Å². The Morgan fingerprint density at radius 2 is 1.74 bits per heavy atom. The smallest absolute Gasteiger partial charge is 0.335 e. The lowest BCUT2D eigenvalue weighted by atomic mass is 10.1. The van der Waals surface area contributed by atoms with Crippen LogP contribution in [0.3, 0.4) is 0 Å². The second-order valence-electron chi connectivity index (χ2n) is 7.53. The molecule has 1 heterocycles. The minimum Gasteiger partial charge on any atom is -0.508 e. The number of benzene rings is 3. The molecule has 4 amide bonds. The maximum Gasteiger partial charge on any atom is 0.335 e. The van der Waals surface area contributed by atoms with Gasteiger partial charge >= 0.3 is 6.03 Å². The number of carbonyl (C=O) groups excluding carboxylic acids is 3. The first-order valence-corrected chi connectivity index (χ1v) is 10.7. The van der Waals surface area contributed by atoms with Crippen molar-refractivity contribution in [3.63, 3.8) is 0 Å². The lowest BCUT2D eigenvalue weighted by Gasteiger charge is -2.26. The van der Waals surface area contributed by atoms with Crippen molar-refractivity contribution in [2.24, 2.45) is 0 Å². The van der Waals surface area contributed by atoms with Crippen LogP contribution in [-0.2, 0) is 16.2 Å². The zero-order valence-electron chi connectivity index (χ0n) is 18.7. The number of amides is 4. The molecule has 0 saturated carbocycles. The molecule has 1 fully saturated rings. The predicted molar refractivity (Wildman–Crippen MR) is 125 cm³/mol. The van der Waals surface area contributed by atoms with E-state index in [0.29, 0.717) is 29.2 Å². The fourth-order valence-electron chi connectivity index (χ4n) is 3.45. The molecule has 2 N–H and O–H groups in total. The topological polar surface area (TPSA) is 105 Å². The number of barbiturate groups is 1. The van der Waals surface area contributed by atoms with Crippen LogP contribution in [0.4, 0.5) is 14.9 Å². The Kier molecular flexibility index (Phi) is 6.77. The Balaban J connectivity index is 1.61. The summed E-state index contributed by atoms with van der Waals surface area (Å²) in [5, 5.41) is 11.6. The van der Waals surface area contributed by atoms with E-state index in [4.69, 9.17) is 9.47 Å². The molecule has 1 aliphatic rings. The number of nitrogens with one attached hydrogen (secondary N) is 1. The molecule has 0 atom stereocenters. The largest absolute Gasteiger partial charge is 0.508 e. The van der Waals surface area contributed by atoms with Gasteiger partial charge in [0.1, 0.15) is 23.7 Å². The van der Waals surface area contributed by atoms with E-state index in [-0.39, 0.29) is 29.4 Å². The van der Waals surface area contributed by atoms with Gasteiger partial charge in [0, 0.05) is 0 Å². The van der Waals surface area contributed by atoms with E-state index in [2.05, 4.69) is 5.32 Å². The van der Waals surface area contributed by atoms with Crippen molar-refractivity contribution in [2.75, 3.05) is 11.5 Å². The predicted octanol–water partition coefficient (Wildman–Crippen LogP) is 4.18. The van der Waals surface area contributed by atoms with Gasteiger partial charge in [-0.3, -0.25) is 14.9 Å². The Labute approximate surface area is 200 Å². The van der Waals surface area contributed by atoms with Crippen LogP contribution in [0, 0.1) is 5.82 Å². The van der Waals surface area contributed by atoms with Crippen molar-refractivity contribution in [1.29, 1.82) is 0 Å². The minimum atomic E-state index is -0.890. The lowest BCUT2D eigenvalue weighted by molar-refractivity contribution is -0.122. The molecule has 0 aliphatic carbocycles. The monoisotopic (exact) mass is 476 g/mol. The first-order chi connectivity index (χ1) is 16.9. The highest BCUT2D eigenvalue weighted by Gasteiger charge is 2.36. The van der Waals surface area contributed by atoms with Gasteiger partial charge in [-0.05, 0) is 72.7 Å². The molecule has 0 radical (unpaired) electrons. The van der Waals surface area contributed by atoms with E-state index < -0.39 is 17.8 Å². The summed E-state index contributed by atoms with van der Waals surface area (Å²) in [6.45, 7) is 2.24. The van der Waals surface area contributed by atoms with Crippen molar-refractivity contribution in [1.82, 2.24) is 5.32 Å². The summed E-state index contributed by atoms with van der Waals surface area (Å²) < 4.78 is 24.9. The van der Waals surface area contributed by atoms with Crippen LogP contribution in [0.25, 0.3) is 6.08 Å². The second kappa shape index (κ2) is 10.1. The van der Waals surface area contributed by atoms with Gasteiger partial charge in [0.05, 0.1) is 12.3 Å².